The Morgan fingerprint density at radius 2 is 1.86 bits per heavy atom. The van der Waals surface area contributed by atoms with Crippen LogP contribution in [0.5, 0.6) is 0 Å². The van der Waals surface area contributed by atoms with Crippen LogP contribution in [0.2, 0.25) is 5.02 Å². The van der Waals surface area contributed by atoms with E-state index in [1.54, 1.807) is 0 Å². The average molecular weight is 573 g/mol. The fourth-order valence-electron chi connectivity index (χ4n) is 3.38. The fourth-order valence-corrected chi connectivity index (χ4v) is 6.35. The molecule has 1 aromatic heterocycles. The molecule has 2 N–H and O–H groups in total. The molecule has 0 bridgehead atoms. The fraction of sp³-hybridized carbons (Fsp3) is 0.278. The van der Waals surface area contributed by atoms with E-state index in [1.165, 1.54) is 0 Å². The molecular formula is C18H15ClF4N5O6S2+. The molecule has 18 heteroatoms. The Balaban J connectivity index is 2.31. The molecule has 0 radical (unpaired) electrons. The van der Waals surface area contributed by atoms with Gasteiger partial charge in [0.25, 0.3) is 16.6 Å². The van der Waals surface area contributed by atoms with Gasteiger partial charge in [-0.15, -0.1) is 0 Å². The van der Waals surface area contributed by atoms with Crippen LogP contribution in [-0.4, -0.2) is 57.0 Å². The zero-order valence-electron chi connectivity index (χ0n) is 18.2. The number of amidine groups is 1. The van der Waals surface area contributed by atoms with Crippen LogP contribution < -0.4 is 17.0 Å². The number of thioether (sulfide) groups is 1. The van der Waals surface area contributed by atoms with Crippen molar-refractivity contribution in [2.45, 2.75) is 6.18 Å². The topological polar surface area (TPSA) is 151 Å². The van der Waals surface area contributed by atoms with E-state index < -0.39 is 88.5 Å². The van der Waals surface area contributed by atoms with Crippen LogP contribution in [0.4, 0.5) is 23.2 Å². The largest absolute Gasteiger partial charge is 0.431 e. The molecule has 0 spiro atoms. The van der Waals surface area contributed by atoms with Crippen LogP contribution in [-0.2, 0) is 32.8 Å². The van der Waals surface area contributed by atoms with Crippen LogP contribution in [0.25, 0.3) is 5.69 Å². The molecule has 0 saturated carbocycles. The summed E-state index contributed by atoms with van der Waals surface area (Å²) in [4.78, 5) is 53.1. The quantitative estimate of drug-likeness (QED) is 0.412. The van der Waals surface area contributed by atoms with Crippen LogP contribution in [0.15, 0.2) is 32.8 Å². The highest BCUT2D eigenvalue weighted by Crippen LogP contribution is 2.37. The van der Waals surface area contributed by atoms with Gasteiger partial charge in [0.2, 0.25) is 0 Å². The summed E-state index contributed by atoms with van der Waals surface area (Å²) in [5.74, 6) is -3.83. The molecule has 0 aliphatic carbocycles. The number of carbonyl (C=O) groups excluding carboxylic acids is 2. The summed E-state index contributed by atoms with van der Waals surface area (Å²) >= 11 is 6.63. The molecule has 1 aliphatic heterocycles. The normalized spacial score (nSPS) is 19.8. The van der Waals surface area contributed by atoms with Crippen molar-refractivity contribution in [1.82, 2.24) is 9.13 Å². The zero-order valence-corrected chi connectivity index (χ0v) is 20.6. The molecule has 1 saturated heterocycles. The van der Waals surface area contributed by atoms with E-state index in [2.05, 4.69) is 4.99 Å². The van der Waals surface area contributed by atoms with Gasteiger partial charge in [0.1, 0.15) is 17.3 Å². The van der Waals surface area contributed by atoms with Gasteiger partial charge in [0, 0.05) is 13.1 Å². The van der Waals surface area contributed by atoms with E-state index >= 15 is 0 Å². The first-order chi connectivity index (χ1) is 16.4. The Hall–Kier alpha value is -3.02. The van der Waals surface area contributed by atoms with E-state index in [1.807, 2.05) is 0 Å². The van der Waals surface area contributed by atoms with Gasteiger partial charge in [0.15, 0.2) is 6.54 Å². The minimum absolute atomic E-state index is 0.0882. The lowest BCUT2D eigenvalue weighted by Crippen LogP contribution is -2.59. The number of benzene rings is 1. The van der Waals surface area contributed by atoms with Gasteiger partial charge in [-0.25, -0.2) is 18.5 Å². The van der Waals surface area contributed by atoms with E-state index in [4.69, 9.17) is 17.3 Å². The summed E-state index contributed by atoms with van der Waals surface area (Å²) in [7, 11) is -3.67. The number of alkyl halides is 3. The minimum atomic E-state index is -5.05. The molecule has 2 amide bonds. The summed E-state index contributed by atoms with van der Waals surface area (Å²) in [5, 5.41) is -0.945. The summed E-state index contributed by atoms with van der Waals surface area (Å²) in [6.07, 6.45) is -4.39. The predicted molar refractivity (Wildman–Crippen MR) is 121 cm³/mol. The van der Waals surface area contributed by atoms with Gasteiger partial charge >= 0.3 is 27.8 Å². The third-order valence-electron chi connectivity index (χ3n) is 5.07. The van der Waals surface area contributed by atoms with Gasteiger partial charge in [-0.1, -0.05) is 15.5 Å². The van der Waals surface area contributed by atoms with Crippen molar-refractivity contribution in [1.29, 1.82) is 0 Å². The number of halogens is 5. The Labute approximate surface area is 208 Å². The molecular weight excluding hydrogens is 558 g/mol. The minimum Gasteiger partial charge on any atom is -0.365 e. The van der Waals surface area contributed by atoms with Crippen molar-refractivity contribution in [2.24, 2.45) is 17.8 Å². The van der Waals surface area contributed by atoms with Crippen molar-refractivity contribution >= 4 is 56.1 Å². The molecule has 2 aromatic rings. The van der Waals surface area contributed by atoms with Crippen molar-refractivity contribution in [3.05, 3.63) is 55.6 Å². The Kier molecular flexibility index (Phi) is 6.99. The third kappa shape index (κ3) is 4.58. The molecule has 1 fully saturated rings. The molecule has 1 unspecified atom stereocenters. The van der Waals surface area contributed by atoms with Crippen LogP contribution in [0.1, 0.15) is 5.69 Å². The molecule has 1 atom stereocenters. The number of sulfonamides is 1. The number of aliphatic imine (C=N–C) groups is 1. The highest BCUT2D eigenvalue weighted by atomic mass is 35.5. The Bertz CT molecular complexity index is 1570. The molecule has 36 heavy (non-hydrogen) atoms. The molecule has 1 aromatic carbocycles. The number of amides is 2. The number of nitrogens with two attached hydrogens (primary N) is 1. The van der Waals surface area contributed by atoms with Crippen molar-refractivity contribution < 1.29 is 39.5 Å². The second-order valence-electron chi connectivity index (χ2n) is 7.47. The number of rotatable bonds is 5. The lowest BCUT2D eigenvalue weighted by atomic mass is 10.2. The van der Waals surface area contributed by atoms with Gasteiger partial charge < -0.3 is 5.73 Å². The zero-order chi connectivity index (χ0) is 27.4. The second kappa shape index (κ2) is 9.13. The summed E-state index contributed by atoms with van der Waals surface area (Å²) < 4.78 is 77.8. The Morgan fingerprint density at radius 1 is 1.25 bits per heavy atom. The molecule has 194 valence electrons. The van der Waals surface area contributed by atoms with Crippen molar-refractivity contribution in [2.75, 3.05) is 18.6 Å². The van der Waals surface area contributed by atoms with E-state index in [0.717, 1.165) is 7.05 Å². The summed E-state index contributed by atoms with van der Waals surface area (Å²) in [5.41, 5.74) is -0.797. The first kappa shape index (κ1) is 27.6. The van der Waals surface area contributed by atoms with E-state index in [9.17, 15) is 45.2 Å². The molecule has 2 heterocycles. The first-order valence-corrected chi connectivity index (χ1v) is 12.6. The third-order valence-corrected chi connectivity index (χ3v) is 8.17. The monoisotopic (exact) mass is 572 g/mol. The van der Waals surface area contributed by atoms with Crippen LogP contribution in [0.3, 0.4) is 0 Å². The lowest BCUT2D eigenvalue weighted by Gasteiger charge is -2.25. The first-order valence-electron chi connectivity index (χ1n) is 9.43. The number of aromatic nitrogens is 2. The highest BCUT2D eigenvalue weighted by Gasteiger charge is 2.58. The molecule has 3 rings (SSSR count). The van der Waals surface area contributed by atoms with Gasteiger partial charge in [0.05, 0.1) is 22.7 Å². The Morgan fingerprint density at radius 3 is 2.39 bits per heavy atom. The summed E-state index contributed by atoms with van der Waals surface area (Å²) in [6, 6.07) is 1.39. The number of carbonyl (C=O) groups is 2. The smallest absolute Gasteiger partial charge is 0.365 e. The van der Waals surface area contributed by atoms with Gasteiger partial charge in [-0.2, -0.15) is 26.6 Å². The number of primary amides is 1. The van der Waals surface area contributed by atoms with Crippen LogP contribution in [0, 0.1) is 5.82 Å². The molecule has 11 nitrogen and oxygen atoms in total. The van der Waals surface area contributed by atoms with E-state index in [-0.39, 0.29) is 15.2 Å². The SMILES string of the molecule is Cn1c(C(F)(F)F)cc(=O)n(-c2cc(N=C3SCC(=O)[N+]3(CC(N)=O)S(C)(=O)=O)c(Cl)cc2F)c1=O. The number of hydrogen-bond acceptors (Lipinski definition) is 8. The molecule has 1 aliphatic rings. The second-order valence-corrected chi connectivity index (χ2v) is 10.9. The maximum atomic E-state index is 14.7. The maximum Gasteiger partial charge on any atom is 0.431 e. The maximum absolute atomic E-state index is 14.7. The van der Waals surface area contributed by atoms with Gasteiger partial charge in [-0.3, -0.25) is 14.2 Å². The number of quaternary nitrogens is 1. The number of nitrogens with zero attached hydrogens (tertiary/aromatic N) is 4. The lowest BCUT2D eigenvalue weighted by molar-refractivity contribution is -0.609. The highest BCUT2D eigenvalue weighted by molar-refractivity contribution is 8.15. The summed E-state index contributed by atoms with van der Waals surface area (Å²) in [6.45, 7) is -1.01. The van der Waals surface area contributed by atoms with E-state index in [0.29, 0.717) is 30.2 Å². The van der Waals surface area contributed by atoms with Crippen molar-refractivity contribution in [3.8, 4) is 5.69 Å². The predicted octanol–water partition coefficient (Wildman–Crippen LogP) is 0.870. The van der Waals surface area contributed by atoms with Crippen LogP contribution >= 0.6 is 23.4 Å². The average Bonchev–Trinajstić information content (AvgIpc) is 3.03. The van der Waals surface area contributed by atoms with Crippen molar-refractivity contribution in [3.63, 3.8) is 0 Å². The number of hydrogen-bond donors (Lipinski definition) is 1. The van der Waals surface area contributed by atoms with Gasteiger partial charge in [-0.05, 0) is 23.9 Å². The standard InChI is InChI=1S/C18H14ClF4N5O6S2/c1-26-12(18(21,22)23)5-14(30)27(17(26)32)11-4-10(8(19)3-9(11)20)25-16-28(6-13(24)29,36(2,33)34)15(31)7-35-16/h3-5H,6-7H2,1-2H3,(H-,24,29)/p+1.